The third kappa shape index (κ3) is 4.77. The molecule has 7 heteroatoms. The molecule has 0 N–H and O–H groups in total. The molecule has 0 amide bonds. The number of hydrogen-bond donors (Lipinski definition) is 0. The standard InChI is InChI=1S/C24H35N3O3S/c1-15(21(28)30-8)9-12-18(25-6)27(14-16-10-11-16)22-26-19-20(31-22)23(2,3)13-17(29-7)24(19,4)5/h9,12,16-17H,6,10-11,13-14H2,1-5,7-8H3/b15-9+,18-12+. The van der Waals surface area contributed by atoms with Crippen LogP contribution in [0.5, 0.6) is 0 Å². The van der Waals surface area contributed by atoms with E-state index in [0.717, 1.165) is 23.8 Å². The fourth-order valence-corrected chi connectivity index (χ4v) is 5.51. The second kappa shape index (κ2) is 8.87. The number of allylic oxidation sites excluding steroid dienone is 2. The summed E-state index contributed by atoms with van der Waals surface area (Å²) in [4.78, 5) is 24.7. The molecular formula is C24H35N3O3S. The van der Waals surface area contributed by atoms with Crippen LogP contribution in [0.1, 0.15) is 64.5 Å². The molecule has 0 bridgehead atoms. The molecule has 0 aromatic carbocycles. The number of nitrogens with zero attached hydrogens (tertiary/aromatic N) is 3. The molecule has 6 nitrogen and oxygen atoms in total. The zero-order valence-electron chi connectivity index (χ0n) is 19.8. The van der Waals surface area contributed by atoms with E-state index in [1.165, 1.54) is 24.8 Å². The van der Waals surface area contributed by atoms with Gasteiger partial charge in [0, 0.05) is 34.9 Å². The molecule has 0 saturated heterocycles. The van der Waals surface area contributed by atoms with E-state index in [4.69, 9.17) is 14.5 Å². The Balaban J connectivity index is 2.05. The van der Waals surface area contributed by atoms with Crippen molar-refractivity contribution in [2.75, 3.05) is 25.7 Å². The first-order valence-corrected chi connectivity index (χ1v) is 11.6. The van der Waals surface area contributed by atoms with Crippen molar-refractivity contribution in [1.29, 1.82) is 0 Å². The van der Waals surface area contributed by atoms with Gasteiger partial charge in [0.2, 0.25) is 0 Å². The van der Waals surface area contributed by atoms with Gasteiger partial charge in [-0.3, -0.25) is 0 Å². The number of hydrogen-bond acceptors (Lipinski definition) is 7. The van der Waals surface area contributed by atoms with Crippen molar-refractivity contribution < 1.29 is 14.3 Å². The third-order valence-electron chi connectivity index (χ3n) is 6.42. The van der Waals surface area contributed by atoms with E-state index in [0.29, 0.717) is 17.3 Å². The largest absolute Gasteiger partial charge is 0.466 e. The molecule has 1 aromatic rings. The Hall–Kier alpha value is -1.99. The number of rotatable bonds is 8. The van der Waals surface area contributed by atoms with Gasteiger partial charge in [-0.2, -0.15) is 0 Å². The Morgan fingerprint density at radius 3 is 2.52 bits per heavy atom. The summed E-state index contributed by atoms with van der Waals surface area (Å²) in [7, 11) is 3.17. The lowest BCUT2D eigenvalue weighted by Gasteiger charge is -2.43. The molecule has 1 saturated carbocycles. The normalized spacial score (nSPS) is 22.6. The highest BCUT2D eigenvalue weighted by molar-refractivity contribution is 7.16. The van der Waals surface area contributed by atoms with E-state index in [1.54, 1.807) is 31.4 Å². The minimum atomic E-state index is -0.354. The molecule has 1 heterocycles. The molecule has 3 rings (SSSR count). The minimum Gasteiger partial charge on any atom is -0.466 e. The average Bonchev–Trinajstić information content (AvgIpc) is 3.42. The van der Waals surface area contributed by atoms with Crippen LogP contribution in [0, 0.1) is 5.92 Å². The van der Waals surface area contributed by atoms with Gasteiger partial charge in [0.1, 0.15) is 5.82 Å². The molecule has 0 spiro atoms. The maximum absolute atomic E-state index is 11.8. The topological polar surface area (TPSA) is 64.0 Å². The highest BCUT2D eigenvalue weighted by atomic mass is 32.1. The van der Waals surface area contributed by atoms with Crippen LogP contribution < -0.4 is 4.90 Å². The van der Waals surface area contributed by atoms with Crippen LogP contribution >= 0.6 is 11.3 Å². The first-order valence-electron chi connectivity index (χ1n) is 10.8. The van der Waals surface area contributed by atoms with Crippen LogP contribution in [0.25, 0.3) is 0 Å². The van der Waals surface area contributed by atoms with Crippen LogP contribution in [-0.4, -0.2) is 44.5 Å². The van der Waals surface area contributed by atoms with E-state index < -0.39 is 0 Å². The van der Waals surface area contributed by atoms with Crippen LogP contribution in [0.3, 0.4) is 0 Å². The zero-order chi connectivity index (χ0) is 23.0. The van der Waals surface area contributed by atoms with Crippen LogP contribution in [0.15, 0.2) is 28.5 Å². The van der Waals surface area contributed by atoms with Gasteiger partial charge in [0.25, 0.3) is 0 Å². The fourth-order valence-electron chi connectivity index (χ4n) is 4.15. The Morgan fingerprint density at radius 1 is 1.29 bits per heavy atom. The second-order valence-corrected chi connectivity index (χ2v) is 10.8. The maximum atomic E-state index is 11.8. The summed E-state index contributed by atoms with van der Waals surface area (Å²) in [6, 6.07) is 0. The quantitative estimate of drug-likeness (QED) is 0.244. The molecule has 0 aliphatic heterocycles. The SMILES string of the molecule is C=N/C(=C\C=C(/C)C(=O)OC)N(CC1CC1)c1nc2c(s1)C(C)(C)CC(OC)C2(C)C. The van der Waals surface area contributed by atoms with Gasteiger partial charge in [-0.15, -0.1) is 11.3 Å². The van der Waals surface area contributed by atoms with E-state index in [9.17, 15) is 4.79 Å². The van der Waals surface area contributed by atoms with Crippen molar-refractivity contribution in [3.8, 4) is 0 Å². The van der Waals surface area contributed by atoms with Gasteiger partial charge in [0.15, 0.2) is 5.13 Å². The Morgan fingerprint density at radius 2 is 1.97 bits per heavy atom. The third-order valence-corrected chi connectivity index (χ3v) is 7.87. The van der Waals surface area contributed by atoms with Crippen molar-refractivity contribution >= 4 is 29.2 Å². The molecule has 0 radical (unpaired) electrons. The molecule has 1 unspecified atom stereocenters. The lowest BCUT2D eigenvalue weighted by Crippen LogP contribution is -2.45. The Bertz CT molecular complexity index is 909. The summed E-state index contributed by atoms with van der Waals surface area (Å²) in [5.41, 5.74) is 1.44. The number of fused-ring (bicyclic) bond motifs is 1. The van der Waals surface area contributed by atoms with E-state index in [-0.39, 0.29) is 22.9 Å². The van der Waals surface area contributed by atoms with Gasteiger partial charge in [-0.1, -0.05) is 27.7 Å². The number of esters is 1. The number of thiazole rings is 1. The van der Waals surface area contributed by atoms with E-state index in [2.05, 4.69) is 44.3 Å². The van der Waals surface area contributed by atoms with Crippen molar-refractivity contribution in [3.05, 3.63) is 34.1 Å². The fraction of sp³-hybridized carbons (Fsp3) is 0.625. The highest BCUT2D eigenvalue weighted by Crippen LogP contribution is 2.51. The Kier molecular flexibility index (Phi) is 6.77. The second-order valence-electron chi connectivity index (χ2n) is 9.79. The summed E-state index contributed by atoms with van der Waals surface area (Å²) in [5.74, 6) is 0.969. The number of carbonyl (C=O) groups excluding carboxylic acids is 1. The lowest BCUT2D eigenvalue weighted by molar-refractivity contribution is -0.136. The molecule has 1 fully saturated rings. The number of anilines is 1. The number of aromatic nitrogens is 1. The molecule has 170 valence electrons. The average molecular weight is 446 g/mol. The number of ether oxygens (including phenoxy) is 2. The summed E-state index contributed by atoms with van der Waals surface area (Å²) >= 11 is 1.74. The molecular weight excluding hydrogens is 410 g/mol. The van der Waals surface area contributed by atoms with Gasteiger partial charge in [-0.05, 0) is 51.0 Å². The summed E-state index contributed by atoms with van der Waals surface area (Å²) in [6.45, 7) is 15.3. The van der Waals surface area contributed by atoms with Crippen LogP contribution in [-0.2, 0) is 25.1 Å². The summed E-state index contributed by atoms with van der Waals surface area (Å²) in [5, 5.41) is 0.928. The summed E-state index contributed by atoms with van der Waals surface area (Å²) in [6.07, 6.45) is 7.06. The highest BCUT2D eigenvalue weighted by Gasteiger charge is 2.47. The molecule has 1 aromatic heterocycles. The first kappa shape index (κ1) is 23.7. The van der Waals surface area contributed by atoms with E-state index in [1.807, 2.05) is 6.08 Å². The number of aliphatic imine (C=N–C) groups is 1. The van der Waals surface area contributed by atoms with Gasteiger partial charge in [-0.25, -0.2) is 14.8 Å². The van der Waals surface area contributed by atoms with Crippen molar-refractivity contribution in [2.45, 2.75) is 70.8 Å². The van der Waals surface area contributed by atoms with Gasteiger partial charge in [0.05, 0.1) is 18.9 Å². The minimum absolute atomic E-state index is 0.0143. The van der Waals surface area contributed by atoms with Crippen molar-refractivity contribution in [1.82, 2.24) is 4.98 Å². The van der Waals surface area contributed by atoms with Gasteiger partial charge < -0.3 is 14.4 Å². The van der Waals surface area contributed by atoms with Crippen molar-refractivity contribution in [2.24, 2.45) is 10.9 Å². The predicted octanol–water partition coefficient (Wildman–Crippen LogP) is 4.99. The van der Waals surface area contributed by atoms with Crippen LogP contribution in [0.2, 0.25) is 0 Å². The zero-order valence-corrected chi connectivity index (χ0v) is 20.6. The first-order chi connectivity index (χ1) is 14.5. The molecule has 2 aliphatic carbocycles. The van der Waals surface area contributed by atoms with Crippen molar-refractivity contribution in [3.63, 3.8) is 0 Å². The maximum Gasteiger partial charge on any atom is 0.333 e. The lowest BCUT2D eigenvalue weighted by atomic mass is 9.67. The smallest absolute Gasteiger partial charge is 0.333 e. The van der Waals surface area contributed by atoms with Gasteiger partial charge >= 0.3 is 5.97 Å². The molecule has 1 atom stereocenters. The monoisotopic (exact) mass is 445 g/mol. The number of methoxy groups -OCH3 is 2. The summed E-state index contributed by atoms with van der Waals surface area (Å²) < 4.78 is 10.7. The van der Waals surface area contributed by atoms with E-state index >= 15 is 0 Å². The predicted molar refractivity (Wildman–Crippen MR) is 127 cm³/mol. The molecule has 31 heavy (non-hydrogen) atoms. The molecule has 2 aliphatic rings. The number of carbonyl (C=O) groups is 1. The Labute approximate surface area is 190 Å². The van der Waals surface area contributed by atoms with Crippen LogP contribution in [0.4, 0.5) is 5.13 Å².